The van der Waals surface area contributed by atoms with Gasteiger partial charge in [0, 0.05) is 0 Å². The number of benzene rings is 4. The summed E-state index contributed by atoms with van der Waals surface area (Å²) in [5.41, 5.74) is 7.99. The zero-order valence-corrected chi connectivity index (χ0v) is 21.3. The van der Waals surface area contributed by atoms with Gasteiger partial charge in [-0.05, 0) is 28.7 Å². The van der Waals surface area contributed by atoms with Gasteiger partial charge in [0.2, 0.25) is 5.91 Å². The summed E-state index contributed by atoms with van der Waals surface area (Å²) in [7, 11) is 0. The Hall–Kier alpha value is -4.91. The lowest BCUT2D eigenvalue weighted by Gasteiger charge is -2.42. The molecule has 7 nitrogen and oxygen atoms in total. The Morgan fingerprint density at radius 1 is 0.718 bits per heavy atom. The van der Waals surface area contributed by atoms with Crippen molar-refractivity contribution in [2.45, 2.75) is 24.5 Å². The number of ether oxygens (including phenoxy) is 1. The van der Waals surface area contributed by atoms with Crippen LogP contribution in [0.4, 0.5) is 4.79 Å². The number of primary amides is 1. The summed E-state index contributed by atoms with van der Waals surface area (Å²) in [6, 6.07) is 35.8. The third-order valence-electron chi connectivity index (χ3n) is 6.83. The molecule has 0 saturated carbocycles. The summed E-state index contributed by atoms with van der Waals surface area (Å²) in [5, 5.41) is 12.5. The van der Waals surface area contributed by atoms with Crippen LogP contribution in [-0.2, 0) is 26.3 Å². The first-order valence-corrected chi connectivity index (χ1v) is 12.6. The topological polar surface area (TPSA) is 119 Å². The van der Waals surface area contributed by atoms with E-state index in [-0.39, 0.29) is 13.0 Å². The highest BCUT2D eigenvalue weighted by molar-refractivity contribution is 5.84. The minimum Gasteiger partial charge on any atom is -0.480 e. The van der Waals surface area contributed by atoms with Crippen molar-refractivity contribution in [2.24, 2.45) is 11.7 Å². The summed E-state index contributed by atoms with van der Waals surface area (Å²) < 4.78 is 5.26. The van der Waals surface area contributed by atoms with Gasteiger partial charge < -0.3 is 20.9 Å². The van der Waals surface area contributed by atoms with E-state index in [1.165, 1.54) is 0 Å². The smallest absolute Gasteiger partial charge is 0.408 e. The van der Waals surface area contributed by atoms with Gasteiger partial charge in [-0.2, -0.15) is 0 Å². The van der Waals surface area contributed by atoms with Gasteiger partial charge in [-0.1, -0.05) is 121 Å². The molecule has 2 atom stereocenters. The molecule has 1 unspecified atom stereocenters. The Morgan fingerprint density at radius 3 is 1.51 bits per heavy atom. The molecule has 0 aliphatic rings. The Balaban J connectivity index is 1.76. The Labute approximate surface area is 227 Å². The summed E-state index contributed by atoms with van der Waals surface area (Å²) in [6.07, 6.45) is -1.18. The van der Waals surface area contributed by atoms with Gasteiger partial charge in [-0.25, -0.2) is 9.59 Å². The average molecular weight is 523 g/mol. The lowest BCUT2D eigenvalue weighted by atomic mass is 9.60. The summed E-state index contributed by atoms with van der Waals surface area (Å²) in [6.45, 7) is -0.0275. The van der Waals surface area contributed by atoms with E-state index in [4.69, 9.17) is 10.5 Å². The van der Waals surface area contributed by atoms with E-state index in [0.717, 1.165) is 22.3 Å². The van der Waals surface area contributed by atoms with E-state index in [1.807, 2.05) is 109 Å². The molecule has 2 amide bonds. The van der Waals surface area contributed by atoms with Crippen LogP contribution in [-0.4, -0.2) is 29.1 Å². The van der Waals surface area contributed by atoms with E-state index < -0.39 is 35.3 Å². The summed E-state index contributed by atoms with van der Waals surface area (Å²) >= 11 is 0. The van der Waals surface area contributed by atoms with Crippen molar-refractivity contribution in [3.05, 3.63) is 144 Å². The number of rotatable bonds is 11. The van der Waals surface area contributed by atoms with Gasteiger partial charge in [-0.15, -0.1) is 0 Å². The maximum absolute atomic E-state index is 13.3. The Bertz CT molecular complexity index is 1280. The van der Waals surface area contributed by atoms with Crippen LogP contribution in [0, 0.1) is 5.92 Å². The molecule has 4 rings (SSSR count). The normalized spacial score (nSPS) is 12.6. The van der Waals surface area contributed by atoms with Crippen LogP contribution in [0.1, 0.15) is 28.7 Å². The molecule has 0 radical (unpaired) electrons. The molecule has 4 aromatic rings. The molecule has 0 aromatic heterocycles. The number of amides is 2. The number of alkyl carbamates (subject to hydrolysis) is 1. The number of aliphatic carboxylic acids is 1. The van der Waals surface area contributed by atoms with Crippen LogP contribution in [0.5, 0.6) is 0 Å². The first-order valence-electron chi connectivity index (χ1n) is 12.6. The van der Waals surface area contributed by atoms with E-state index in [1.54, 1.807) is 12.1 Å². The zero-order valence-electron chi connectivity index (χ0n) is 21.3. The monoisotopic (exact) mass is 522 g/mol. The van der Waals surface area contributed by atoms with Crippen LogP contribution < -0.4 is 11.1 Å². The second kappa shape index (κ2) is 12.6. The third-order valence-corrected chi connectivity index (χ3v) is 6.83. The number of hydrogen-bond acceptors (Lipinski definition) is 4. The van der Waals surface area contributed by atoms with E-state index in [0.29, 0.717) is 0 Å². The molecule has 39 heavy (non-hydrogen) atoms. The zero-order chi connectivity index (χ0) is 27.7. The highest BCUT2D eigenvalue weighted by Crippen LogP contribution is 2.47. The molecule has 7 heteroatoms. The minimum absolute atomic E-state index is 0.0275. The Morgan fingerprint density at radius 2 is 1.13 bits per heavy atom. The summed E-state index contributed by atoms with van der Waals surface area (Å²) in [5.74, 6) is -3.06. The fourth-order valence-electron chi connectivity index (χ4n) is 5.08. The molecule has 0 fully saturated rings. The second-order valence-electron chi connectivity index (χ2n) is 9.19. The quantitative estimate of drug-likeness (QED) is 0.242. The lowest BCUT2D eigenvalue weighted by molar-refractivity contribution is -0.140. The van der Waals surface area contributed by atoms with E-state index >= 15 is 0 Å². The summed E-state index contributed by atoms with van der Waals surface area (Å²) in [4.78, 5) is 38.3. The van der Waals surface area contributed by atoms with Crippen LogP contribution in [0.25, 0.3) is 0 Å². The first-order chi connectivity index (χ1) is 18.9. The fourth-order valence-corrected chi connectivity index (χ4v) is 5.08. The number of hydrogen-bond donors (Lipinski definition) is 3. The van der Waals surface area contributed by atoms with Crippen molar-refractivity contribution in [1.82, 2.24) is 5.32 Å². The van der Waals surface area contributed by atoms with E-state index in [2.05, 4.69) is 5.32 Å². The van der Waals surface area contributed by atoms with Crippen molar-refractivity contribution in [2.75, 3.05) is 0 Å². The number of nitrogens with two attached hydrogens (primary N) is 1. The third kappa shape index (κ3) is 6.15. The number of carboxylic acid groups (broad SMARTS) is 1. The molecule has 0 heterocycles. The molecule has 4 N–H and O–H groups in total. The van der Waals surface area contributed by atoms with Gasteiger partial charge in [-0.3, -0.25) is 4.79 Å². The minimum atomic E-state index is -1.44. The second-order valence-corrected chi connectivity index (χ2v) is 9.19. The largest absolute Gasteiger partial charge is 0.480 e. The van der Waals surface area contributed by atoms with Crippen molar-refractivity contribution < 1.29 is 24.2 Å². The SMILES string of the molecule is NC(=O)C(C[C@H](NC(=O)OCc1ccccc1)C(=O)O)C(c1ccccc1)(c1ccccc1)c1ccccc1. The van der Waals surface area contributed by atoms with Crippen molar-refractivity contribution in [3.8, 4) is 0 Å². The number of carbonyl (C=O) groups excluding carboxylic acids is 2. The first kappa shape index (κ1) is 27.1. The van der Waals surface area contributed by atoms with Gasteiger partial charge in [0.15, 0.2) is 0 Å². The maximum atomic E-state index is 13.3. The molecule has 198 valence electrons. The molecule has 0 spiro atoms. The molecule has 4 aromatic carbocycles. The Kier molecular flexibility index (Phi) is 8.74. The molecule has 0 saturated heterocycles. The van der Waals surface area contributed by atoms with E-state index in [9.17, 15) is 19.5 Å². The van der Waals surface area contributed by atoms with Crippen LogP contribution in [0.3, 0.4) is 0 Å². The highest BCUT2D eigenvalue weighted by Gasteiger charge is 2.48. The van der Waals surface area contributed by atoms with Gasteiger partial charge in [0.05, 0.1) is 11.3 Å². The maximum Gasteiger partial charge on any atom is 0.408 e. The fraction of sp³-hybridized carbons (Fsp3) is 0.156. The van der Waals surface area contributed by atoms with Gasteiger partial charge in [0.1, 0.15) is 12.6 Å². The van der Waals surface area contributed by atoms with Crippen LogP contribution in [0.15, 0.2) is 121 Å². The molecule has 0 aliphatic heterocycles. The molecule has 0 aliphatic carbocycles. The number of carbonyl (C=O) groups is 3. The predicted molar refractivity (Wildman–Crippen MR) is 148 cm³/mol. The number of nitrogens with one attached hydrogen (secondary N) is 1. The highest BCUT2D eigenvalue weighted by atomic mass is 16.5. The van der Waals surface area contributed by atoms with Crippen molar-refractivity contribution in [3.63, 3.8) is 0 Å². The van der Waals surface area contributed by atoms with Gasteiger partial charge >= 0.3 is 12.1 Å². The van der Waals surface area contributed by atoms with Gasteiger partial charge in [0.25, 0.3) is 0 Å². The lowest BCUT2D eigenvalue weighted by Crippen LogP contribution is -2.50. The average Bonchev–Trinajstić information content (AvgIpc) is 2.97. The van der Waals surface area contributed by atoms with Crippen LogP contribution >= 0.6 is 0 Å². The molecular weight excluding hydrogens is 492 g/mol. The van der Waals surface area contributed by atoms with Crippen LogP contribution in [0.2, 0.25) is 0 Å². The van der Waals surface area contributed by atoms with Crippen molar-refractivity contribution >= 4 is 18.0 Å². The standard InChI is InChI=1S/C32H30N2O5/c33-29(35)27(21-28(30(36)37)34-31(38)39-22-23-13-5-1-6-14-23)32(24-15-7-2-8-16-24,25-17-9-3-10-18-25)26-19-11-4-12-20-26/h1-20,27-28H,21-22H2,(H2,33,35)(H,34,38)(H,36,37)/t27?,28-/m0/s1. The molecular formula is C32H30N2O5. The predicted octanol–water partition coefficient (Wildman–Crippen LogP) is 4.89. The number of carboxylic acids is 1. The molecule has 0 bridgehead atoms. The van der Waals surface area contributed by atoms with Crippen molar-refractivity contribution in [1.29, 1.82) is 0 Å².